The van der Waals surface area contributed by atoms with Crippen molar-refractivity contribution in [1.29, 1.82) is 0 Å². The molecule has 0 aromatic heterocycles. The van der Waals surface area contributed by atoms with Crippen LogP contribution in [0.3, 0.4) is 0 Å². The second-order valence-corrected chi connectivity index (χ2v) is 5.26. The normalized spacial score (nSPS) is 14.1. The lowest BCUT2D eigenvalue weighted by molar-refractivity contribution is -0.384. The number of nitro groups is 1. The van der Waals surface area contributed by atoms with Gasteiger partial charge in [-0.3, -0.25) is 10.1 Å². The largest absolute Gasteiger partial charge is 0.310 e. The van der Waals surface area contributed by atoms with Gasteiger partial charge in [0.25, 0.3) is 5.69 Å². The SMILES string of the molecule is O=[N+]([O-])c1cccc(-c2ccc(F)cc2CNC2CC2)c1. The summed E-state index contributed by atoms with van der Waals surface area (Å²) in [5, 5.41) is 14.2. The minimum Gasteiger partial charge on any atom is -0.310 e. The van der Waals surface area contributed by atoms with Crippen LogP contribution in [-0.4, -0.2) is 11.0 Å². The molecule has 0 spiro atoms. The molecule has 0 aliphatic heterocycles. The van der Waals surface area contributed by atoms with E-state index in [9.17, 15) is 14.5 Å². The average Bonchev–Trinajstić information content (AvgIpc) is 3.29. The molecule has 1 fully saturated rings. The smallest absolute Gasteiger partial charge is 0.270 e. The molecular formula is C16H15FN2O2. The van der Waals surface area contributed by atoms with Gasteiger partial charge in [0.15, 0.2) is 0 Å². The number of nitro benzene ring substituents is 1. The average molecular weight is 286 g/mol. The van der Waals surface area contributed by atoms with Gasteiger partial charge in [-0.1, -0.05) is 18.2 Å². The molecule has 0 heterocycles. The standard InChI is InChI=1S/C16H15FN2O2/c17-13-4-7-16(12(8-13)10-18-14-5-6-14)11-2-1-3-15(9-11)19(20)21/h1-4,7-9,14,18H,5-6,10H2. The van der Waals surface area contributed by atoms with Crippen LogP contribution in [0.15, 0.2) is 42.5 Å². The number of non-ortho nitro benzene ring substituents is 1. The van der Waals surface area contributed by atoms with Crippen molar-refractivity contribution in [3.8, 4) is 11.1 Å². The topological polar surface area (TPSA) is 55.2 Å². The van der Waals surface area contributed by atoms with Crippen LogP contribution in [-0.2, 0) is 6.54 Å². The van der Waals surface area contributed by atoms with Crippen LogP contribution in [0, 0.1) is 15.9 Å². The first-order valence-corrected chi connectivity index (χ1v) is 6.90. The van der Waals surface area contributed by atoms with Crippen LogP contribution in [0.5, 0.6) is 0 Å². The Balaban J connectivity index is 1.95. The fraction of sp³-hybridized carbons (Fsp3) is 0.250. The first kappa shape index (κ1) is 13.7. The van der Waals surface area contributed by atoms with Gasteiger partial charge in [0, 0.05) is 24.7 Å². The number of nitrogens with one attached hydrogen (secondary N) is 1. The van der Waals surface area contributed by atoms with Crippen molar-refractivity contribution in [2.45, 2.75) is 25.4 Å². The van der Waals surface area contributed by atoms with E-state index in [4.69, 9.17) is 0 Å². The molecule has 21 heavy (non-hydrogen) atoms. The molecule has 4 nitrogen and oxygen atoms in total. The highest BCUT2D eigenvalue weighted by Gasteiger charge is 2.21. The summed E-state index contributed by atoms with van der Waals surface area (Å²) in [6.07, 6.45) is 2.31. The number of hydrogen-bond donors (Lipinski definition) is 1. The maximum Gasteiger partial charge on any atom is 0.270 e. The van der Waals surface area contributed by atoms with Gasteiger partial charge in [0.2, 0.25) is 0 Å². The van der Waals surface area contributed by atoms with Crippen molar-refractivity contribution in [1.82, 2.24) is 5.32 Å². The van der Waals surface area contributed by atoms with Gasteiger partial charge in [-0.05, 0) is 41.7 Å². The highest BCUT2D eigenvalue weighted by atomic mass is 19.1. The van der Waals surface area contributed by atoms with Gasteiger partial charge in [-0.25, -0.2) is 4.39 Å². The van der Waals surface area contributed by atoms with Gasteiger partial charge in [-0.15, -0.1) is 0 Å². The van der Waals surface area contributed by atoms with Gasteiger partial charge in [-0.2, -0.15) is 0 Å². The van der Waals surface area contributed by atoms with Gasteiger partial charge >= 0.3 is 0 Å². The van der Waals surface area contributed by atoms with E-state index in [-0.39, 0.29) is 11.5 Å². The van der Waals surface area contributed by atoms with E-state index in [1.165, 1.54) is 24.3 Å². The van der Waals surface area contributed by atoms with Crippen LogP contribution < -0.4 is 5.32 Å². The Labute approximate surface area is 121 Å². The van der Waals surface area contributed by atoms with E-state index in [1.54, 1.807) is 18.2 Å². The van der Waals surface area contributed by atoms with E-state index in [0.29, 0.717) is 12.6 Å². The Bertz CT molecular complexity index is 684. The molecule has 0 saturated heterocycles. The Morgan fingerprint density at radius 2 is 2.05 bits per heavy atom. The van der Waals surface area contributed by atoms with Crippen molar-refractivity contribution in [2.24, 2.45) is 0 Å². The fourth-order valence-corrected chi connectivity index (χ4v) is 2.32. The summed E-state index contributed by atoms with van der Waals surface area (Å²) in [4.78, 5) is 10.5. The molecule has 2 aromatic rings. The van der Waals surface area contributed by atoms with Gasteiger partial charge in [0.1, 0.15) is 5.82 Å². The molecule has 2 aromatic carbocycles. The molecular weight excluding hydrogens is 271 g/mol. The number of benzene rings is 2. The van der Waals surface area contributed by atoms with Crippen LogP contribution in [0.25, 0.3) is 11.1 Å². The Morgan fingerprint density at radius 1 is 1.24 bits per heavy atom. The zero-order valence-corrected chi connectivity index (χ0v) is 11.4. The maximum absolute atomic E-state index is 13.5. The van der Waals surface area contributed by atoms with Crippen LogP contribution in [0.2, 0.25) is 0 Å². The van der Waals surface area contributed by atoms with Crippen molar-refractivity contribution in [2.75, 3.05) is 0 Å². The molecule has 0 atom stereocenters. The minimum absolute atomic E-state index is 0.0397. The van der Waals surface area contributed by atoms with E-state index in [1.807, 2.05) is 0 Å². The predicted octanol–water partition coefficient (Wildman–Crippen LogP) is 3.65. The lowest BCUT2D eigenvalue weighted by Crippen LogP contribution is -2.16. The van der Waals surface area contributed by atoms with Crippen LogP contribution >= 0.6 is 0 Å². The summed E-state index contributed by atoms with van der Waals surface area (Å²) in [6, 6.07) is 11.5. The monoisotopic (exact) mass is 286 g/mol. The molecule has 0 bridgehead atoms. The summed E-state index contributed by atoms with van der Waals surface area (Å²) >= 11 is 0. The third-order valence-electron chi connectivity index (χ3n) is 3.59. The number of nitrogens with zero attached hydrogens (tertiary/aromatic N) is 1. The Morgan fingerprint density at radius 3 is 2.76 bits per heavy atom. The van der Waals surface area contributed by atoms with E-state index in [0.717, 1.165) is 29.5 Å². The molecule has 1 aliphatic rings. The third-order valence-corrected chi connectivity index (χ3v) is 3.59. The lowest BCUT2D eigenvalue weighted by Gasteiger charge is -2.11. The van der Waals surface area contributed by atoms with E-state index >= 15 is 0 Å². The quantitative estimate of drug-likeness (QED) is 0.674. The summed E-state index contributed by atoms with van der Waals surface area (Å²) in [5.41, 5.74) is 2.42. The second-order valence-electron chi connectivity index (χ2n) is 5.26. The molecule has 3 rings (SSSR count). The van der Waals surface area contributed by atoms with Crippen molar-refractivity contribution in [3.05, 3.63) is 64.0 Å². The molecule has 5 heteroatoms. The summed E-state index contributed by atoms with van der Waals surface area (Å²) < 4.78 is 13.5. The molecule has 0 amide bonds. The van der Waals surface area contributed by atoms with Gasteiger partial charge < -0.3 is 5.32 Å². The maximum atomic E-state index is 13.5. The van der Waals surface area contributed by atoms with Crippen molar-refractivity contribution >= 4 is 5.69 Å². The van der Waals surface area contributed by atoms with E-state index < -0.39 is 4.92 Å². The highest BCUT2D eigenvalue weighted by molar-refractivity contribution is 5.69. The second kappa shape index (κ2) is 5.61. The van der Waals surface area contributed by atoms with Crippen molar-refractivity contribution < 1.29 is 9.31 Å². The van der Waals surface area contributed by atoms with E-state index in [2.05, 4.69) is 5.32 Å². The predicted molar refractivity (Wildman–Crippen MR) is 78.4 cm³/mol. The summed E-state index contributed by atoms with van der Waals surface area (Å²) in [6.45, 7) is 0.570. The molecule has 1 saturated carbocycles. The number of rotatable bonds is 5. The molecule has 0 unspecified atom stereocenters. The number of halogens is 1. The minimum atomic E-state index is -0.421. The summed E-state index contributed by atoms with van der Waals surface area (Å²) in [7, 11) is 0. The first-order valence-electron chi connectivity index (χ1n) is 6.90. The fourth-order valence-electron chi connectivity index (χ4n) is 2.32. The number of hydrogen-bond acceptors (Lipinski definition) is 3. The Kier molecular flexibility index (Phi) is 3.66. The first-order chi connectivity index (χ1) is 10.1. The van der Waals surface area contributed by atoms with Crippen molar-refractivity contribution in [3.63, 3.8) is 0 Å². The molecule has 0 radical (unpaired) electrons. The van der Waals surface area contributed by atoms with Gasteiger partial charge in [0.05, 0.1) is 4.92 Å². The molecule has 108 valence electrons. The lowest BCUT2D eigenvalue weighted by atomic mass is 9.99. The highest BCUT2D eigenvalue weighted by Crippen LogP contribution is 2.28. The Hall–Kier alpha value is -2.27. The van der Waals surface area contributed by atoms with Crippen LogP contribution in [0.1, 0.15) is 18.4 Å². The molecule has 1 aliphatic carbocycles. The molecule has 1 N–H and O–H groups in total. The third kappa shape index (κ3) is 3.25. The van der Waals surface area contributed by atoms with Crippen LogP contribution in [0.4, 0.5) is 10.1 Å². The zero-order valence-electron chi connectivity index (χ0n) is 11.4. The summed E-state index contributed by atoms with van der Waals surface area (Å²) in [5.74, 6) is -0.295. The zero-order chi connectivity index (χ0) is 14.8.